The smallest absolute Gasteiger partial charge is 0.238 e. The maximum absolute atomic E-state index is 13.4. The molecule has 1 rings (SSSR count). The topological polar surface area (TPSA) is 47.9 Å². The fraction of sp³-hybridized carbons (Fsp3) is 0.300. The molecule has 1 aromatic carbocycles. The summed E-state index contributed by atoms with van der Waals surface area (Å²) in [6.07, 6.45) is -0.605. The number of nitrogens with zero attached hydrogens (tertiary/aromatic N) is 1. The zero-order valence-electron chi connectivity index (χ0n) is 8.66. The fourth-order valence-corrected chi connectivity index (χ4v) is 1.68. The van der Waals surface area contributed by atoms with E-state index in [1.807, 2.05) is 0 Å². The first-order chi connectivity index (χ1) is 7.63. The zero-order valence-corrected chi connectivity index (χ0v) is 10.2. The molecule has 0 aliphatic rings. The SMILES string of the molecule is COc1cc(Br)c(C(F)N=C=O)cc1OC. The summed E-state index contributed by atoms with van der Waals surface area (Å²) in [5.41, 5.74) is 0.181. The van der Waals surface area contributed by atoms with E-state index in [4.69, 9.17) is 9.47 Å². The average molecular weight is 290 g/mol. The second-order valence-corrected chi connectivity index (χ2v) is 3.64. The Morgan fingerprint density at radius 3 is 2.44 bits per heavy atom. The number of benzene rings is 1. The first kappa shape index (κ1) is 12.7. The summed E-state index contributed by atoms with van der Waals surface area (Å²) in [6.45, 7) is 0. The predicted molar refractivity (Wildman–Crippen MR) is 59.2 cm³/mol. The molecule has 16 heavy (non-hydrogen) atoms. The Hall–Kier alpha value is -1.39. The normalized spacial score (nSPS) is 11.5. The van der Waals surface area contributed by atoms with Crippen LogP contribution in [0, 0.1) is 0 Å². The molecule has 1 atom stereocenters. The molecule has 0 bridgehead atoms. The van der Waals surface area contributed by atoms with Gasteiger partial charge in [0.15, 0.2) is 11.5 Å². The summed E-state index contributed by atoms with van der Waals surface area (Å²) in [4.78, 5) is 13.0. The largest absolute Gasteiger partial charge is 0.493 e. The number of ether oxygens (including phenoxy) is 2. The second kappa shape index (κ2) is 5.63. The molecular formula is C10H9BrFNO3. The average Bonchev–Trinajstić information content (AvgIpc) is 2.28. The molecule has 0 spiro atoms. The van der Waals surface area contributed by atoms with E-state index in [0.717, 1.165) is 0 Å². The number of rotatable bonds is 4. The summed E-state index contributed by atoms with van der Waals surface area (Å²) in [5, 5.41) is 0. The molecule has 0 aliphatic carbocycles. The summed E-state index contributed by atoms with van der Waals surface area (Å²) in [6, 6.07) is 2.95. The van der Waals surface area contributed by atoms with E-state index < -0.39 is 6.30 Å². The fourth-order valence-electron chi connectivity index (χ4n) is 1.17. The van der Waals surface area contributed by atoms with Crippen molar-refractivity contribution >= 4 is 22.0 Å². The first-order valence-corrected chi connectivity index (χ1v) is 5.05. The van der Waals surface area contributed by atoms with Crippen LogP contribution in [0.4, 0.5) is 4.39 Å². The standard InChI is InChI=1S/C10H9BrFNO3/c1-15-8-3-6(10(12)13-5-14)7(11)4-9(8)16-2/h3-4,10H,1-2H3. The molecule has 0 aromatic heterocycles. The summed E-state index contributed by atoms with van der Waals surface area (Å²) < 4.78 is 23.9. The zero-order chi connectivity index (χ0) is 12.1. The molecule has 0 heterocycles. The minimum absolute atomic E-state index is 0.181. The molecule has 0 saturated carbocycles. The lowest BCUT2D eigenvalue weighted by molar-refractivity contribution is 0.340. The van der Waals surface area contributed by atoms with Crippen molar-refractivity contribution in [2.45, 2.75) is 6.30 Å². The van der Waals surface area contributed by atoms with Crippen LogP contribution in [0.3, 0.4) is 0 Å². The molecule has 0 radical (unpaired) electrons. The predicted octanol–water partition coefficient (Wildman–Crippen LogP) is 2.77. The van der Waals surface area contributed by atoms with Gasteiger partial charge in [0.1, 0.15) is 0 Å². The number of halogens is 2. The lowest BCUT2D eigenvalue weighted by atomic mass is 10.2. The minimum atomic E-state index is -1.77. The van der Waals surface area contributed by atoms with Crippen LogP contribution in [-0.4, -0.2) is 20.3 Å². The highest BCUT2D eigenvalue weighted by atomic mass is 79.9. The van der Waals surface area contributed by atoms with Gasteiger partial charge in [-0.1, -0.05) is 15.9 Å². The maximum Gasteiger partial charge on any atom is 0.238 e. The van der Waals surface area contributed by atoms with Gasteiger partial charge in [0.2, 0.25) is 12.4 Å². The van der Waals surface area contributed by atoms with Crippen LogP contribution in [-0.2, 0) is 4.79 Å². The highest BCUT2D eigenvalue weighted by Crippen LogP contribution is 2.37. The number of isocyanates is 1. The number of hydrogen-bond donors (Lipinski definition) is 0. The van der Waals surface area contributed by atoms with Gasteiger partial charge >= 0.3 is 0 Å². The third-order valence-corrected chi connectivity index (χ3v) is 2.61. The van der Waals surface area contributed by atoms with Crippen LogP contribution in [0.25, 0.3) is 0 Å². The first-order valence-electron chi connectivity index (χ1n) is 4.26. The molecule has 0 fully saturated rings. The highest BCUT2D eigenvalue weighted by molar-refractivity contribution is 9.10. The molecular weight excluding hydrogens is 281 g/mol. The Morgan fingerprint density at radius 2 is 1.94 bits per heavy atom. The third-order valence-electron chi connectivity index (χ3n) is 1.93. The lowest BCUT2D eigenvalue weighted by Gasteiger charge is -2.11. The van der Waals surface area contributed by atoms with E-state index >= 15 is 0 Å². The molecule has 0 aliphatic heterocycles. The van der Waals surface area contributed by atoms with Gasteiger partial charge in [-0.25, -0.2) is 9.18 Å². The van der Waals surface area contributed by atoms with Gasteiger partial charge in [-0.05, 0) is 12.1 Å². The van der Waals surface area contributed by atoms with Crippen LogP contribution in [0.1, 0.15) is 11.9 Å². The van der Waals surface area contributed by atoms with E-state index in [1.54, 1.807) is 6.07 Å². The Bertz CT molecular complexity index is 432. The summed E-state index contributed by atoms with van der Waals surface area (Å²) in [5.74, 6) is 0.824. The van der Waals surface area contributed by atoms with Crippen molar-refractivity contribution in [2.75, 3.05) is 14.2 Å². The molecule has 0 N–H and O–H groups in total. The van der Waals surface area contributed by atoms with Gasteiger partial charge in [0.05, 0.1) is 14.2 Å². The van der Waals surface area contributed by atoms with E-state index in [0.29, 0.717) is 16.0 Å². The van der Waals surface area contributed by atoms with Crippen molar-refractivity contribution in [3.8, 4) is 11.5 Å². The Kier molecular flexibility index (Phi) is 4.46. The molecule has 1 unspecified atom stereocenters. The summed E-state index contributed by atoms with van der Waals surface area (Å²) >= 11 is 3.16. The summed E-state index contributed by atoms with van der Waals surface area (Å²) in [7, 11) is 2.91. The Labute approximate surface area is 100 Å². The molecule has 1 aromatic rings. The molecule has 86 valence electrons. The lowest BCUT2D eigenvalue weighted by Crippen LogP contribution is -1.95. The van der Waals surface area contributed by atoms with Crippen molar-refractivity contribution in [3.05, 3.63) is 22.2 Å². The van der Waals surface area contributed by atoms with Crippen molar-refractivity contribution in [1.29, 1.82) is 0 Å². The van der Waals surface area contributed by atoms with E-state index in [-0.39, 0.29) is 5.56 Å². The van der Waals surface area contributed by atoms with Crippen LogP contribution < -0.4 is 9.47 Å². The van der Waals surface area contributed by atoms with E-state index in [9.17, 15) is 9.18 Å². The number of hydrogen-bond acceptors (Lipinski definition) is 4. The number of aliphatic imine (C=N–C) groups is 1. The highest BCUT2D eigenvalue weighted by Gasteiger charge is 2.16. The molecule has 6 heteroatoms. The van der Waals surface area contributed by atoms with E-state index in [1.165, 1.54) is 26.4 Å². The van der Waals surface area contributed by atoms with Gasteiger partial charge in [0, 0.05) is 10.0 Å². The van der Waals surface area contributed by atoms with Crippen molar-refractivity contribution in [3.63, 3.8) is 0 Å². The van der Waals surface area contributed by atoms with Crippen molar-refractivity contribution in [1.82, 2.24) is 0 Å². The van der Waals surface area contributed by atoms with Crippen molar-refractivity contribution < 1.29 is 18.7 Å². The molecule has 4 nitrogen and oxygen atoms in total. The van der Waals surface area contributed by atoms with Gasteiger partial charge < -0.3 is 9.47 Å². The van der Waals surface area contributed by atoms with Crippen molar-refractivity contribution in [2.24, 2.45) is 4.99 Å². The van der Waals surface area contributed by atoms with Gasteiger partial charge in [-0.2, -0.15) is 4.99 Å². The quantitative estimate of drug-likeness (QED) is 0.486. The van der Waals surface area contributed by atoms with Gasteiger partial charge in [-0.15, -0.1) is 0 Å². The monoisotopic (exact) mass is 289 g/mol. The van der Waals surface area contributed by atoms with E-state index in [2.05, 4.69) is 20.9 Å². The van der Waals surface area contributed by atoms with Crippen LogP contribution >= 0.6 is 15.9 Å². The Balaban J connectivity index is 3.25. The van der Waals surface area contributed by atoms with Crippen LogP contribution in [0.15, 0.2) is 21.6 Å². The second-order valence-electron chi connectivity index (χ2n) is 2.78. The van der Waals surface area contributed by atoms with Gasteiger partial charge in [-0.3, -0.25) is 0 Å². The minimum Gasteiger partial charge on any atom is -0.493 e. The van der Waals surface area contributed by atoms with Crippen LogP contribution in [0.5, 0.6) is 11.5 Å². The third kappa shape index (κ3) is 2.59. The number of carbonyl (C=O) groups excluding carboxylic acids is 1. The number of methoxy groups -OCH3 is 2. The number of alkyl halides is 1. The Morgan fingerprint density at radius 1 is 1.38 bits per heavy atom. The van der Waals surface area contributed by atoms with Gasteiger partial charge in [0.25, 0.3) is 0 Å². The molecule has 0 amide bonds. The maximum atomic E-state index is 13.4. The van der Waals surface area contributed by atoms with Crippen LogP contribution in [0.2, 0.25) is 0 Å². The molecule has 0 saturated heterocycles.